The monoisotopic (exact) mass is 698 g/mol. The molecule has 49 heavy (non-hydrogen) atoms. The molecule has 0 bridgehead atoms. The lowest BCUT2D eigenvalue weighted by atomic mass is 9.86. The van der Waals surface area contributed by atoms with E-state index in [9.17, 15) is 14.4 Å². The van der Waals surface area contributed by atoms with Gasteiger partial charge in [-0.05, 0) is 53.6 Å². The van der Waals surface area contributed by atoms with Crippen LogP contribution >= 0.6 is 22.7 Å². The average molecular weight is 699 g/mol. The van der Waals surface area contributed by atoms with Gasteiger partial charge in [0.25, 0.3) is 0 Å². The second kappa shape index (κ2) is 17.7. The van der Waals surface area contributed by atoms with Crippen LogP contribution in [0, 0.1) is 5.92 Å². The van der Waals surface area contributed by atoms with Gasteiger partial charge in [-0.3, -0.25) is 14.4 Å². The number of hydrogen-bond acceptors (Lipinski definition) is 10. The second-order valence-electron chi connectivity index (χ2n) is 11.9. The molecule has 3 aromatic carbocycles. The van der Waals surface area contributed by atoms with Crippen molar-refractivity contribution in [3.05, 3.63) is 94.4 Å². The van der Waals surface area contributed by atoms with Crippen LogP contribution in [-0.2, 0) is 36.7 Å². The maximum Gasteiger partial charge on any atom is 0.311 e. The lowest BCUT2D eigenvalue weighted by molar-refractivity contribution is -0.143. The van der Waals surface area contributed by atoms with Crippen molar-refractivity contribution in [1.29, 1.82) is 0 Å². The van der Waals surface area contributed by atoms with Gasteiger partial charge in [-0.15, -0.1) is 22.7 Å². The minimum Gasteiger partial charge on any atom is -0.466 e. The van der Waals surface area contributed by atoms with E-state index >= 15 is 0 Å². The van der Waals surface area contributed by atoms with Gasteiger partial charge in [0, 0.05) is 10.8 Å². The van der Waals surface area contributed by atoms with Crippen molar-refractivity contribution in [2.45, 2.75) is 64.7 Å². The van der Waals surface area contributed by atoms with Gasteiger partial charge in [0.15, 0.2) is 10.3 Å². The molecule has 1 aliphatic carbocycles. The number of carbonyl (C=O) groups is 3. The number of thiazole rings is 2. The quantitative estimate of drug-likeness (QED) is 0.125. The molecule has 0 aliphatic heterocycles. The molecule has 256 valence electrons. The van der Waals surface area contributed by atoms with Crippen LogP contribution in [0.5, 0.6) is 0 Å². The number of aromatic nitrogens is 2. The summed E-state index contributed by atoms with van der Waals surface area (Å²) in [6.45, 7) is 4.30. The largest absolute Gasteiger partial charge is 0.466 e. The highest BCUT2D eigenvalue weighted by atomic mass is 32.1. The molecule has 0 spiro atoms. The van der Waals surface area contributed by atoms with Crippen molar-refractivity contribution in [2.75, 3.05) is 24.3 Å². The summed E-state index contributed by atoms with van der Waals surface area (Å²) in [5.41, 5.74) is 10.0. The number of nitrogens with two attached hydrogens (primary N) is 1. The Balaban J connectivity index is 0.000000330. The van der Waals surface area contributed by atoms with Crippen molar-refractivity contribution >= 4 is 61.6 Å². The Labute approximate surface area is 294 Å². The number of fused-ring (bicyclic) bond motifs is 1. The van der Waals surface area contributed by atoms with Gasteiger partial charge in [0.1, 0.15) is 0 Å². The number of nitrogens with one attached hydrogen (secondary N) is 1. The number of nitrogen functional groups attached to an aromatic ring is 1. The minimum atomic E-state index is -0.309. The van der Waals surface area contributed by atoms with E-state index in [0.717, 1.165) is 17.5 Å². The Morgan fingerprint density at radius 1 is 0.837 bits per heavy atom. The molecule has 11 heteroatoms. The number of anilines is 2. The predicted molar refractivity (Wildman–Crippen MR) is 197 cm³/mol. The molecule has 1 atom stereocenters. The number of esters is 2. The Hall–Kier alpha value is -4.61. The van der Waals surface area contributed by atoms with Crippen molar-refractivity contribution in [2.24, 2.45) is 5.92 Å². The summed E-state index contributed by atoms with van der Waals surface area (Å²) in [4.78, 5) is 44.6. The van der Waals surface area contributed by atoms with Crippen LogP contribution in [0.4, 0.5) is 10.3 Å². The summed E-state index contributed by atoms with van der Waals surface area (Å²) in [7, 11) is 0. The Morgan fingerprint density at radius 2 is 1.47 bits per heavy atom. The highest BCUT2D eigenvalue weighted by molar-refractivity contribution is 7.14. The average Bonchev–Trinajstić information content (AvgIpc) is 3.87. The smallest absolute Gasteiger partial charge is 0.311 e. The third-order valence-electron chi connectivity index (χ3n) is 8.39. The molecule has 1 aliphatic rings. The molecule has 9 nitrogen and oxygen atoms in total. The molecular weight excluding hydrogens is 657 g/mol. The Bertz CT molecular complexity index is 1840. The summed E-state index contributed by atoms with van der Waals surface area (Å²) in [5.74, 6) is -0.299. The maximum atomic E-state index is 13.5. The highest BCUT2D eigenvalue weighted by Crippen LogP contribution is 2.36. The first-order chi connectivity index (χ1) is 23.8. The summed E-state index contributed by atoms with van der Waals surface area (Å²) in [6, 6.07) is 23.2. The highest BCUT2D eigenvalue weighted by Gasteiger charge is 2.27. The molecule has 2 heterocycles. The molecule has 0 radical (unpaired) electrons. The van der Waals surface area contributed by atoms with Crippen LogP contribution in [-0.4, -0.2) is 41.0 Å². The summed E-state index contributed by atoms with van der Waals surface area (Å²) in [6.07, 6.45) is 5.99. The van der Waals surface area contributed by atoms with Crippen LogP contribution in [0.1, 0.15) is 68.8 Å². The molecule has 6 rings (SSSR count). The zero-order valence-corrected chi connectivity index (χ0v) is 29.5. The maximum absolute atomic E-state index is 13.5. The number of hydrogen-bond donors (Lipinski definition) is 2. The van der Waals surface area contributed by atoms with E-state index < -0.39 is 0 Å². The predicted octanol–water partition coefficient (Wildman–Crippen LogP) is 8.20. The molecule has 1 amide bonds. The second-order valence-corrected chi connectivity index (χ2v) is 13.6. The van der Waals surface area contributed by atoms with Gasteiger partial charge in [-0.1, -0.05) is 92.4 Å². The van der Waals surface area contributed by atoms with Gasteiger partial charge < -0.3 is 20.5 Å². The zero-order valence-electron chi connectivity index (χ0n) is 27.9. The van der Waals surface area contributed by atoms with Crippen molar-refractivity contribution in [3.63, 3.8) is 0 Å². The van der Waals surface area contributed by atoms with Gasteiger partial charge in [-0.2, -0.15) is 0 Å². The van der Waals surface area contributed by atoms with Crippen molar-refractivity contribution < 1.29 is 23.9 Å². The third kappa shape index (κ3) is 10.2. The minimum absolute atomic E-state index is 0.0400. The first-order valence-corrected chi connectivity index (χ1v) is 18.4. The zero-order chi connectivity index (χ0) is 34.6. The fourth-order valence-corrected chi connectivity index (χ4v) is 7.38. The molecule has 0 saturated heterocycles. The fourth-order valence-electron chi connectivity index (χ4n) is 6.11. The number of carbonyl (C=O) groups excluding carboxylic acids is 3. The molecule has 1 fully saturated rings. The van der Waals surface area contributed by atoms with Crippen LogP contribution in [0.25, 0.3) is 21.9 Å². The molecule has 2 aromatic heterocycles. The first kappa shape index (κ1) is 35.7. The van der Waals surface area contributed by atoms with Crippen LogP contribution in [0.2, 0.25) is 0 Å². The summed E-state index contributed by atoms with van der Waals surface area (Å²) < 4.78 is 9.75. The van der Waals surface area contributed by atoms with E-state index in [1.165, 1.54) is 64.7 Å². The summed E-state index contributed by atoms with van der Waals surface area (Å²) >= 11 is 2.67. The van der Waals surface area contributed by atoms with E-state index in [0.29, 0.717) is 40.8 Å². The number of rotatable bonds is 12. The van der Waals surface area contributed by atoms with Crippen LogP contribution in [0.15, 0.2) is 77.5 Å². The molecule has 3 N–H and O–H groups in total. The van der Waals surface area contributed by atoms with Crippen molar-refractivity contribution in [3.8, 4) is 11.1 Å². The van der Waals surface area contributed by atoms with Gasteiger partial charge >= 0.3 is 11.9 Å². The van der Waals surface area contributed by atoms with E-state index in [1.54, 1.807) is 24.6 Å². The molecular formula is C38H42N4O5S2. The van der Waals surface area contributed by atoms with Crippen LogP contribution < -0.4 is 11.1 Å². The number of nitrogens with zero attached hydrogens (tertiary/aromatic N) is 2. The molecule has 5 aromatic rings. The van der Waals surface area contributed by atoms with E-state index in [4.69, 9.17) is 15.2 Å². The number of amides is 1. The van der Waals surface area contributed by atoms with E-state index in [1.807, 2.05) is 0 Å². The van der Waals surface area contributed by atoms with Gasteiger partial charge in [0.2, 0.25) is 5.91 Å². The summed E-state index contributed by atoms with van der Waals surface area (Å²) in [5, 5.41) is 10.0. The lowest BCUT2D eigenvalue weighted by Crippen LogP contribution is -2.23. The standard InChI is InChI=1S/C31H32N2O3S.C7H10N2O2S/c1-2-36-29(34)19-25-20-37-31(32-25)33-30(35)28(18-21-8-3-4-9-21)24-16-14-23(15-17-24)27-13-7-11-22-10-5-6-12-26(22)27;1-2-11-6(10)3-5-4-12-7(8)9-5/h5-7,10-17,20-21,28H,2-4,8-9,18-19H2,1H3,(H,32,33,35);4H,2-3H2,1H3,(H2,8,9). The van der Waals surface area contributed by atoms with Crippen molar-refractivity contribution in [1.82, 2.24) is 9.97 Å². The lowest BCUT2D eigenvalue weighted by Gasteiger charge is -2.20. The Kier molecular flexibility index (Phi) is 12.9. The Morgan fingerprint density at radius 3 is 2.12 bits per heavy atom. The number of ether oxygens (including phenoxy) is 2. The number of benzene rings is 3. The van der Waals surface area contributed by atoms with E-state index in [2.05, 4.69) is 82.0 Å². The molecule has 1 unspecified atom stereocenters. The SMILES string of the molecule is CCOC(=O)Cc1csc(N)n1.CCOC(=O)Cc1csc(NC(=O)C(CC2CCCC2)c2ccc(-c3cccc4ccccc34)cc2)n1. The first-order valence-electron chi connectivity index (χ1n) is 16.7. The fraction of sp³-hybridized carbons (Fsp3) is 0.342. The molecule has 1 saturated carbocycles. The van der Waals surface area contributed by atoms with Crippen LogP contribution in [0.3, 0.4) is 0 Å². The van der Waals surface area contributed by atoms with Gasteiger partial charge in [-0.25, -0.2) is 9.97 Å². The third-order valence-corrected chi connectivity index (χ3v) is 9.92. The normalized spacial score (nSPS) is 13.3. The van der Waals surface area contributed by atoms with E-state index in [-0.39, 0.29) is 36.6 Å². The van der Waals surface area contributed by atoms with Gasteiger partial charge in [0.05, 0.1) is 43.4 Å². The topological polar surface area (TPSA) is 134 Å².